The summed E-state index contributed by atoms with van der Waals surface area (Å²) in [6.45, 7) is 1.60. The number of rotatable bonds is 3. The van der Waals surface area contributed by atoms with Gasteiger partial charge in [-0.3, -0.25) is 0 Å². The molecule has 80 valence electrons. The van der Waals surface area contributed by atoms with Crippen molar-refractivity contribution in [1.82, 2.24) is 0 Å². The van der Waals surface area contributed by atoms with E-state index in [0.29, 0.717) is 16.3 Å². The normalized spacial score (nSPS) is 12.9. The molecule has 0 amide bonds. The molecule has 0 aliphatic carbocycles. The molecule has 6 heteroatoms. The van der Waals surface area contributed by atoms with E-state index < -0.39 is 0 Å². The lowest BCUT2D eigenvalue weighted by molar-refractivity contribution is 0.934. The monoisotopic (exact) mass is 226 g/mol. The Balaban J connectivity index is 2.95. The Morgan fingerprint density at radius 2 is 2.07 bits per heavy atom. The molecule has 0 radical (unpaired) electrons. The Bertz CT molecular complexity index is 399. The predicted molar refractivity (Wildman–Crippen MR) is 61.4 cm³/mol. The van der Waals surface area contributed by atoms with Crippen molar-refractivity contribution >= 4 is 23.8 Å². The molecule has 1 aromatic carbocycles. The largest absolute Gasteiger partial charge is 0.386 e. The van der Waals surface area contributed by atoms with Crippen molar-refractivity contribution in [1.29, 1.82) is 0 Å². The average Bonchev–Trinajstić information content (AvgIpc) is 2.26. The van der Waals surface area contributed by atoms with Gasteiger partial charge in [-0.15, -0.1) is 10.2 Å². The van der Waals surface area contributed by atoms with Crippen molar-refractivity contribution in [2.45, 2.75) is 11.8 Å². The van der Waals surface area contributed by atoms with E-state index in [1.807, 2.05) is 0 Å². The summed E-state index contributed by atoms with van der Waals surface area (Å²) < 4.78 is 12.3. The van der Waals surface area contributed by atoms with E-state index in [-0.39, 0.29) is 18.0 Å². The molecular formula is C9H11FN4S. The van der Waals surface area contributed by atoms with Crippen molar-refractivity contribution in [3.8, 4) is 0 Å². The molecule has 0 aliphatic rings. The molecule has 1 rings (SSSR count). The summed E-state index contributed by atoms with van der Waals surface area (Å²) in [6.07, 6.45) is 0. The third kappa shape index (κ3) is 3.59. The van der Waals surface area contributed by atoms with Gasteiger partial charge in [0.05, 0.1) is 12.1 Å². The Kier molecular flexibility index (Phi) is 4.11. The van der Waals surface area contributed by atoms with Crippen molar-refractivity contribution < 1.29 is 3.89 Å². The number of nitrogens with zero attached hydrogens (tertiary/aromatic N) is 2. The summed E-state index contributed by atoms with van der Waals surface area (Å²) >= 11 is 0.154. The topological polar surface area (TPSA) is 76.8 Å². The fourth-order valence-corrected chi connectivity index (χ4v) is 1.20. The molecule has 0 atom stereocenters. The molecule has 0 bridgehead atoms. The van der Waals surface area contributed by atoms with Crippen LogP contribution in [0.25, 0.3) is 0 Å². The van der Waals surface area contributed by atoms with Gasteiger partial charge in [-0.05, 0) is 19.1 Å². The first-order valence-electron chi connectivity index (χ1n) is 4.15. The van der Waals surface area contributed by atoms with Crippen LogP contribution in [0.1, 0.15) is 12.5 Å². The minimum Gasteiger partial charge on any atom is -0.386 e. The van der Waals surface area contributed by atoms with Crippen molar-refractivity contribution in [2.24, 2.45) is 21.7 Å². The van der Waals surface area contributed by atoms with Crippen molar-refractivity contribution in [3.05, 3.63) is 29.8 Å². The molecule has 0 saturated heterocycles. The van der Waals surface area contributed by atoms with Crippen LogP contribution in [-0.4, -0.2) is 11.7 Å². The molecule has 15 heavy (non-hydrogen) atoms. The van der Waals surface area contributed by atoms with Gasteiger partial charge >= 0.3 is 0 Å². The molecular weight excluding hydrogens is 215 g/mol. The van der Waals surface area contributed by atoms with Gasteiger partial charge in [0.2, 0.25) is 0 Å². The summed E-state index contributed by atoms with van der Waals surface area (Å²) in [5, 5.41) is 7.31. The lowest BCUT2D eigenvalue weighted by Crippen LogP contribution is -2.13. The number of amidine groups is 2. The average molecular weight is 226 g/mol. The van der Waals surface area contributed by atoms with Crippen LogP contribution < -0.4 is 11.5 Å². The fraction of sp³-hybridized carbons (Fsp3) is 0.111. The predicted octanol–water partition coefficient (Wildman–Crippen LogP) is 1.66. The summed E-state index contributed by atoms with van der Waals surface area (Å²) in [5.41, 5.74) is 11.5. The molecule has 4 nitrogen and oxygen atoms in total. The minimum atomic E-state index is 0.154. The van der Waals surface area contributed by atoms with E-state index in [4.69, 9.17) is 11.5 Å². The minimum absolute atomic E-state index is 0.154. The van der Waals surface area contributed by atoms with E-state index in [1.54, 1.807) is 31.2 Å². The first-order valence-corrected chi connectivity index (χ1v) is 4.87. The highest BCUT2D eigenvalue weighted by molar-refractivity contribution is 7.94. The first-order chi connectivity index (χ1) is 7.13. The van der Waals surface area contributed by atoms with Gasteiger partial charge in [0.15, 0.2) is 5.84 Å². The lowest BCUT2D eigenvalue weighted by atomic mass is 10.2. The van der Waals surface area contributed by atoms with E-state index in [0.717, 1.165) is 0 Å². The Morgan fingerprint density at radius 1 is 1.33 bits per heavy atom. The molecule has 0 aromatic heterocycles. The maximum Gasteiger partial charge on any atom is 0.153 e. The van der Waals surface area contributed by atoms with Gasteiger partial charge in [-0.1, -0.05) is 12.1 Å². The molecule has 0 unspecified atom stereocenters. The Hall–Kier alpha value is -1.56. The van der Waals surface area contributed by atoms with Crippen LogP contribution in [0.2, 0.25) is 0 Å². The van der Waals surface area contributed by atoms with E-state index in [1.165, 1.54) is 0 Å². The summed E-state index contributed by atoms with van der Waals surface area (Å²) in [6, 6.07) is 6.64. The van der Waals surface area contributed by atoms with Gasteiger partial charge in [0.1, 0.15) is 5.84 Å². The highest BCUT2D eigenvalue weighted by Gasteiger charge is 2.00. The Labute approximate surface area is 91.6 Å². The smallest absolute Gasteiger partial charge is 0.153 e. The van der Waals surface area contributed by atoms with Crippen molar-refractivity contribution in [2.75, 3.05) is 0 Å². The molecule has 0 fully saturated rings. The van der Waals surface area contributed by atoms with Gasteiger partial charge in [-0.2, -0.15) is 3.89 Å². The molecule has 1 aromatic rings. The molecule has 4 N–H and O–H groups in total. The standard InChI is InChI=1S/C9H11FN4S/c1-6(11)13-14-9(12)7-3-2-4-8(5-7)15-10/h2-5H,1H3,(H2,11,13)(H2,12,14). The number of hydrogen-bond donors (Lipinski definition) is 2. The van der Waals surface area contributed by atoms with Crippen LogP contribution in [0.4, 0.5) is 3.89 Å². The van der Waals surface area contributed by atoms with Gasteiger partial charge in [0.25, 0.3) is 0 Å². The highest BCUT2D eigenvalue weighted by Crippen LogP contribution is 2.19. The number of halogens is 1. The second-order valence-electron chi connectivity index (χ2n) is 2.83. The summed E-state index contributed by atoms with van der Waals surface area (Å²) in [5.74, 6) is 0.518. The Morgan fingerprint density at radius 3 is 2.67 bits per heavy atom. The van der Waals surface area contributed by atoms with E-state index in [9.17, 15) is 3.89 Å². The maximum atomic E-state index is 12.3. The zero-order chi connectivity index (χ0) is 11.3. The maximum absolute atomic E-state index is 12.3. The van der Waals surface area contributed by atoms with Crippen LogP contribution in [0.3, 0.4) is 0 Å². The fourth-order valence-electron chi connectivity index (χ4n) is 0.894. The van der Waals surface area contributed by atoms with Crippen LogP contribution in [0.15, 0.2) is 39.4 Å². The van der Waals surface area contributed by atoms with E-state index in [2.05, 4.69) is 10.2 Å². The molecule has 0 saturated carbocycles. The lowest BCUT2D eigenvalue weighted by Gasteiger charge is -1.99. The zero-order valence-electron chi connectivity index (χ0n) is 8.14. The summed E-state index contributed by atoms with van der Waals surface area (Å²) in [4.78, 5) is 0.471. The quantitative estimate of drug-likeness (QED) is 0.467. The van der Waals surface area contributed by atoms with Gasteiger partial charge in [-0.25, -0.2) is 0 Å². The van der Waals surface area contributed by atoms with Gasteiger partial charge < -0.3 is 11.5 Å². The highest BCUT2D eigenvalue weighted by atomic mass is 32.2. The van der Waals surface area contributed by atoms with Crippen molar-refractivity contribution in [3.63, 3.8) is 0 Å². The number of hydrogen-bond acceptors (Lipinski definition) is 3. The van der Waals surface area contributed by atoms with Crippen LogP contribution in [0.5, 0.6) is 0 Å². The molecule has 0 aliphatic heterocycles. The van der Waals surface area contributed by atoms with Crippen LogP contribution >= 0.6 is 12.1 Å². The second kappa shape index (κ2) is 5.35. The number of benzene rings is 1. The molecule has 0 heterocycles. The third-order valence-electron chi connectivity index (χ3n) is 1.53. The first kappa shape index (κ1) is 11.5. The molecule has 0 spiro atoms. The SMILES string of the molecule is C/C(N)=N/N=C(\N)c1cccc(SF)c1. The summed E-state index contributed by atoms with van der Waals surface area (Å²) in [7, 11) is 0. The van der Waals surface area contributed by atoms with E-state index >= 15 is 0 Å². The van der Waals surface area contributed by atoms with Crippen LogP contribution in [-0.2, 0) is 0 Å². The van der Waals surface area contributed by atoms with Crippen LogP contribution in [0, 0.1) is 0 Å². The zero-order valence-corrected chi connectivity index (χ0v) is 8.96. The number of nitrogens with two attached hydrogens (primary N) is 2. The second-order valence-corrected chi connectivity index (χ2v) is 3.46. The third-order valence-corrected chi connectivity index (χ3v) is 1.97. The van der Waals surface area contributed by atoms with Gasteiger partial charge in [0, 0.05) is 10.5 Å².